The van der Waals surface area contributed by atoms with E-state index in [2.05, 4.69) is 5.32 Å². The van der Waals surface area contributed by atoms with E-state index in [1.165, 1.54) is 38.5 Å². The van der Waals surface area contributed by atoms with E-state index in [4.69, 9.17) is 9.47 Å². The SMILES string of the molecule is COc1ccc(OC)c(C(=O)C=CNc2ccccc2C(F)(F)F)c1. The molecule has 0 unspecified atom stereocenters. The summed E-state index contributed by atoms with van der Waals surface area (Å²) in [7, 11) is 2.88. The fraction of sp³-hybridized carbons (Fsp3) is 0.167. The smallest absolute Gasteiger partial charge is 0.418 e. The molecule has 0 atom stereocenters. The van der Waals surface area contributed by atoms with E-state index in [-0.39, 0.29) is 11.3 Å². The fourth-order valence-corrected chi connectivity index (χ4v) is 2.16. The third-order valence-corrected chi connectivity index (χ3v) is 3.38. The maximum Gasteiger partial charge on any atom is 0.418 e. The Morgan fingerprint density at radius 2 is 1.80 bits per heavy atom. The van der Waals surface area contributed by atoms with Gasteiger partial charge in [0, 0.05) is 12.3 Å². The fourth-order valence-electron chi connectivity index (χ4n) is 2.16. The quantitative estimate of drug-likeness (QED) is 0.614. The number of carbonyl (C=O) groups is 1. The Balaban J connectivity index is 2.20. The molecule has 0 aliphatic carbocycles. The topological polar surface area (TPSA) is 47.6 Å². The van der Waals surface area contributed by atoms with Crippen LogP contribution in [0.3, 0.4) is 0 Å². The van der Waals surface area contributed by atoms with Gasteiger partial charge in [-0.1, -0.05) is 12.1 Å². The van der Waals surface area contributed by atoms with Gasteiger partial charge in [-0.2, -0.15) is 13.2 Å². The van der Waals surface area contributed by atoms with Crippen molar-refractivity contribution in [3.63, 3.8) is 0 Å². The van der Waals surface area contributed by atoms with Gasteiger partial charge in [0.1, 0.15) is 11.5 Å². The molecule has 0 aliphatic rings. The van der Waals surface area contributed by atoms with Crippen LogP contribution >= 0.6 is 0 Å². The van der Waals surface area contributed by atoms with Gasteiger partial charge < -0.3 is 14.8 Å². The number of benzene rings is 2. The van der Waals surface area contributed by atoms with Crippen molar-refractivity contribution in [2.24, 2.45) is 0 Å². The number of anilines is 1. The Bertz CT molecular complexity index is 785. The maximum atomic E-state index is 12.9. The Morgan fingerprint density at radius 1 is 1.08 bits per heavy atom. The van der Waals surface area contributed by atoms with Gasteiger partial charge in [-0.3, -0.25) is 4.79 Å². The molecular formula is C18H16F3NO3. The van der Waals surface area contributed by atoms with Gasteiger partial charge in [0.05, 0.1) is 31.0 Å². The molecule has 2 aromatic carbocycles. The van der Waals surface area contributed by atoms with E-state index in [9.17, 15) is 18.0 Å². The number of ketones is 1. The second-order valence-electron chi connectivity index (χ2n) is 4.95. The molecular weight excluding hydrogens is 335 g/mol. The van der Waals surface area contributed by atoms with Crippen molar-refractivity contribution < 1.29 is 27.4 Å². The molecule has 0 saturated heterocycles. The highest BCUT2D eigenvalue weighted by Crippen LogP contribution is 2.34. The molecule has 7 heteroatoms. The van der Waals surface area contributed by atoms with Crippen LogP contribution in [0.25, 0.3) is 0 Å². The van der Waals surface area contributed by atoms with E-state index in [1.807, 2.05) is 0 Å². The highest BCUT2D eigenvalue weighted by molar-refractivity contribution is 6.07. The standard InChI is InChI=1S/C18H16F3NO3/c1-24-12-7-8-17(25-2)13(11-12)16(23)9-10-22-15-6-4-3-5-14(15)18(19,20)21/h3-11,22H,1-2H3. The zero-order valence-electron chi connectivity index (χ0n) is 13.6. The Morgan fingerprint density at radius 3 is 2.44 bits per heavy atom. The van der Waals surface area contributed by atoms with Gasteiger partial charge in [-0.05, 0) is 30.3 Å². The molecule has 0 fully saturated rings. The lowest BCUT2D eigenvalue weighted by atomic mass is 10.1. The van der Waals surface area contributed by atoms with Crippen molar-refractivity contribution in [2.45, 2.75) is 6.18 Å². The highest BCUT2D eigenvalue weighted by atomic mass is 19.4. The van der Waals surface area contributed by atoms with Crippen molar-refractivity contribution in [3.8, 4) is 11.5 Å². The second kappa shape index (κ2) is 7.74. The van der Waals surface area contributed by atoms with Crippen LogP contribution in [0.15, 0.2) is 54.7 Å². The number of halogens is 3. The molecule has 0 amide bonds. The summed E-state index contributed by atoms with van der Waals surface area (Å²) in [5, 5.41) is 2.49. The largest absolute Gasteiger partial charge is 0.497 e. The average molecular weight is 351 g/mol. The van der Waals surface area contributed by atoms with Gasteiger partial charge in [0.2, 0.25) is 0 Å². The maximum absolute atomic E-state index is 12.9. The normalized spacial score (nSPS) is 11.4. The molecule has 0 aliphatic heterocycles. The summed E-state index contributed by atoms with van der Waals surface area (Å²) in [6.07, 6.45) is -2.20. The Labute approximate surface area is 142 Å². The van der Waals surface area contributed by atoms with Crippen molar-refractivity contribution in [1.29, 1.82) is 0 Å². The van der Waals surface area contributed by atoms with Crippen molar-refractivity contribution >= 4 is 11.5 Å². The van der Waals surface area contributed by atoms with Crippen LogP contribution < -0.4 is 14.8 Å². The molecule has 0 bridgehead atoms. The zero-order valence-corrected chi connectivity index (χ0v) is 13.6. The van der Waals surface area contributed by atoms with Crippen LogP contribution in [0.4, 0.5) is 18.9 Å². The van der Waals surface area contributed by atoms with E-state index >= 15 is 0 Å². The predicted molar refractivity (Wildman–Crippen MR) is 88.1 cm³/mol. The summed E-state index contributed by atoms with van der Waals surface area (Å²) in [5.74, 6) is 0.367. The number of rotatable bonds is 6. The summed E-state index contributed by atoms with van der Waals surface area (Å²) in [4.78, 5) is 12.3. The van der Waals surface area contributed by atoms with Gasteiger partial charge in [0.15, 0.2) is 5.78 Å². The summed E-state index contributed by atoms with van der Waals surface area (Å²) < 4.78 is 48.9. The van der Waals surface area contributed by atoms with Gasteiger partial charge in [0.25, 0.3) is 0 Å². The molecule has 132 valence electrons. The Kier molecular flexibility index (Phi) is 5.69. The minimum Gasteiger partial charge on any atom is -0.497 e. The van der Waals surface area contributed by atoms with Crippen molar-refractivity contribution in [1.82, 2.24) is 0 Å². The number of carbonyl (C=O) groups excluding carboxylic acids is 1. The molecule has 1 N–H and O–H groups in total. The monoisotopic (exact) mass is 351 g/mol. The molecule has 4 nitrogen and oxygen atoms in total. The molecule has 0 spiro atoms. The van der Waals surface area contributed by atoms with Crippen LogP contribution in [0.5, 0.6) is 11.5 Å². The second-order valence-corrected chi connectivity index (χ2v) is 4.95. The molecule has 2 aromatic rings. The number of ether oxygens (including phenoxy) is 2. The lowest BCUT2D eigenvalue weighted by molar-refractivity contribution is -0.136. The summed E-state index contributed by atoms with van der Waals surface area (Å²) in [6, 6.07) is 9.72. The highest BCUT2D eigenvalue weighted by Gasteiger charge is 2.32. The molecule has 0 heterocycles. The Hall–Kier alpha value is -2.96. The lowest BCUT2D eigenvalue weighted by Crippen LogP contribution is -2.08. The van der Waals surface area contributed by atoms with Crippen LogP contribution in [0.1, 0.15) is 15.9 Å². The first-order chi connectivity index (χ1) is 11.9. The third-order valence-electron chi connectivity index (χ3n) is 3.38. The van der Waals surface area contributed by atoms with Gasteiger partial charge in [-0.15, -0.1) is 0 Å². The first kappa shape index (κ1) is 18.4. The van der Waals surface area contributed by atoms with Crippen LogP contribution in [0.2, 0.25) is 0 Å². The number of hydrogen-bond donors (Lipinski definition) is 1. The molecule has 2 rings (SSSR count). The molecule has 0 radical (unpaired) electrons. The first-order valence-electron chi connectivity index (χ1n) is 7.22. The third kappa shape index (κ3) is 4.53. The number of nitrogens with one attached hydrogen (secondary N) is 1. The van der Waals surface area contributed by atoms with Gasteiger partial charge >= 0.3 is 6.18 Å². The van der Waals surface area contributed by atoms with Gasteiger partial charge in [-0.25, -0.2) is 0 Å². The molecule has 0 saturated carbocycles. The van der Waals surface area contributed by atoms with Crippen LogP contribution in [-0.4, -0.2) is 20.0 Å². The van der Waals surface area contributed by atoms with Crippen LogP contribution in [-0.2, 0) is 6.18 Å². The summed E-state index contributed by atoms with van der Waals surface area (Å²) in [5.41, 5.74) is -0.716. The van der Waals surface area contributed by atoms with Crippen LogP contribution in [0, 0.1) is 0 Å². The predicted octanol–water partition coefficient (Wildman–Crippen LogP) is 4.53. The summed E-state index contributed by atoms with van der Waals surface area (Å²) >= 11 is 0. The average Bonchev–Trinajstić information content (AvgIpc) is 2.60. The summed E-state index contributed by atoms with van der Waals surface area (Å²) in [6.45, 7) is 0. The minimum atomic E-state index is -4.49. The van der Waals surface area contributed by atoms with E-state index in [1.54, 1.807) is 12.1 Å². The lowest BCUT2D eigenvalue weighted by Gasteiger charge is -2.12. The number of methoxy groups -OCH3 is 2. The van der Waals surface area contributed by atoms with E-state index in [0.717, 1.165) is 18.3 Å². The molecule has 0 aromatic heterocycles. The van der Waals surface area contributed by atoms with Crippen molar-refractivity contribution in [3.05, 3.63) is 65.9 Å². The molecule has 25 heavy (non-hydrogen) atoms. The number of alkyl halides is 3. The van der Waals surface area contributed by atoms with Crippen molar-refractivity contribution in [2.75, 3.05) is 19.5 Å². The minimum absolute atomic E-state index is 0.142. The zero-order chi connectivity index (χ0) is 18.4. The van der Waals surface area contributed by atoms with E-state index < -0.39 is 17.5 Å². The van der Waals surface area contributed by atoms with E-state index in [0.29, 0.717) is 11.5 Å². The number of allylic oxidation sites excluding steroid dienone is 1. The first-order valence-corrected chi connectivity index (χ1v) is 7.22. The number of para-hydroxylation sites is 1. The number of hydrogen-bond acceptors (Lipinski definition) is 4.